The Labute approximate surface area is 124 Å². The maximum atomic E-state index is 13.8. The van der Waals surface area contributed by atoms with Gasteiger partial charge in [0.2, 0.25) is 0 Å². The van der Waals surface area contributed by atoms with Crippen LogP contribution in [0, 0.1) is 5.82 Å². The monoisotopic (exact) mass is 289 g/mol. The average Bonchev–Trinajstić information content (AvgIpc) is 2.52. The second-order valence-corrected chi connectivity index (χ2v) is 4.76. The molecule has 0 aromatic heterocycles. The van der Waals surface area contributed by atoms with Crippen LogP contribution in [0.4, 0.5) is 4.39 Å². The number of methoxy groups -OCH3 is 1. The van der Waals surface area contributed by atoms with Crippen molar-refractivity contribution in [2.45, 2.75) is 19.4 Å². The fourth-order valence-electron chi connectivity index (χ4n) is 2.14. The third kappa shape index (κ3) is 3.52. The summed E-state index contributed by atoms with van der Waals surface area (Å²) in [5.41, 5.74) is 7.79. The first-order valence-corrected chi connectivity index (χ1v) is 6.98. The minimum atomic E-state index is -0.446. The van der Waals surface area contributed by atoms with Crippen molar-refractivity contribution in [2.24, 2.45) is 5.73 Å². The highest BCUT2D eigenvalue weighted by molar-refractivity contribution is 5.42. The van der Waals surface area contributed by atoms with Crippen LogP contribution in [0.1, 0.15) is 30.5 Å². The number of benzene rings is 2. The van der Waals surface area contributed by atoms with E-state index in [2.05, 4.69) is 0 Å². The van der Waals surface area contributed by atoms with Gasteiger partial charge in [0.25, 0.3) is 0 Å². The molecular weight excluding hydrogens is 269 g/mol. The summed E-state index contributed by atoms with van der Waals surface area (Å²) in [7, 11) is 1.44. The topological polar surface area (TPSA) is 44.5 Å². The van der Waals surface area contributed by atoms with Crippen molar-refractivity contribution in [1.29, 1.82) is 0 Å². The number of hydrogen-bond acceptors (Lipinski definition) is 3. The Morgan fingerprint density at radius 2 is 1.90 bits per heavy atom. The van der Waals surface area contributed by atoms with Crippen LogP contribution < -0.4 is 15.2 Å². The largest absolute Gasteiger partial charge is 0.494 e. The number of hydrogen-bond donors (Lipinski definition) is 1. The zero-order valence-corrected chi connectivity index (χ0v) is 12.3. The molecule has 3 nitrogen and oxygen atoms in total. The number of para-hydroxylation sites is 1. The van der Waals surface area contributed by atoms with Gasteiger partial charge in [-0.15, -0.1) is 0 Å². The van der Waals surface area contributed by atoms with E-state index < -0.39 is 11.9 Å². The van der Waals surface area contributed by atoms with E-state index in [1.54, 1.807) is 12.1 Å². The van der Waals surface area contributed by atoms with E-state index >= 15 is 0 Å². The highest BCUT2D eigenvalue weighted by atomic mass is 19.1. The van der Waals surface area contributed by atoms with E-state index in [1.807, 2.05) is 31.2 Å². The minimum absolute atomic E-state index is 0.210. The van der Waals surface area contributed by atoms with Gasteiger partial charge in [-0.1, -0.05) is 31.2 Å². The fraction of sp³-hybridized carbons (Fsp3) is 0.294. The first-order valence-electron chi connectivity index (χ1n) is 6.98. The van der Waals surface area contributed by atoms with Crippen LogP contribution in [0.3, 0.4) is 0 Å². The van der Waals surface area contributed by atoms with Crippen molar-refractivity contribution in [2.75, 3.05) is 13.7 Å². The summed E-state index contributed by atoms with van der Waals surface area (Å²) in [4.78, 5) is 0. The Balaban J connectivity index is 2.31. The molecule has 0 saturated carbocycles. The molecule has 2 aromatic rings. The van der Waals surface area contributed by atoms with E-state index in [0.29, 0.717) is 12.2 Å². The zero-order chi connectivity index (χ0) is 15.2. The summed E-state index contributed by atoms with van der Waals surface area (Å²) in [5.74, 6) is 0.530. The van der Waals surface area contributed by atoms with Crippen LogP contribution in [0.15, 0.2) is 42.5 Å². The summed E-state index contributed by atoms with van der Waals surface area (Å²) in [6, 6.07) is 11.9. The zero-order valence-electron chi connectivity index (χ0n) is 12.3. The second kappa shape index (κ2) is 7.09. The Kier molecular flexibility index (Phi) is 5.17. The molecule has 2 rings (SSSR count). The van der Waals surface area contributed by atoms with Gasteiger partial charge in [-0.2, -0.15) is 0 Å². The average molecular weight is 289 g/mol. The van der Waals surface area contributed by atoms with Gasteiger partial charge in [-0.05, 0) is 30.2 Å². The molecule has 0 saturated heterocycles. The highest BCUT2D eigenvalue weighted by Crippen LogP contribution is 2.30. The van der Waals surface area contributed by atoms with Crippen LogP contribution in [0.2, 0.25) is 0 Å². The molecule has 0 fully saturated rings. The standard InChI is InChI=1S/C17H20FNO2/c1-3-10-21-15-7-5-4-6-13(15)17(19)12-8-9-16(20-2)14(18)11-12/h4-9,11,17H,3,10,19H2,1-2H3. The van der Waals surface area contributed by atoms with Gasteiger partial charge in [0, 0.05) is 5.56 Å². The van der Waals surface area contributed by atoms with E-state index in [0.717, 1.165) is 17.7 Å². The molecule has 0 amide bonds. The SMILES string of the molecule is CCCOc1ccccc1C(N)c1ccc(OC)c(F)c1. The maximum absolute atomic E-state index is 13.8. The first kappa shape index (κ1) is 15.3. The lowest BCUT2D eigenvalue weighted by Crippen LogP contribution is -2.14. The quantitative estimate of drug-likeness (QED) is 0.882. The predicted molar refractivity (Wildman–Crippen MR) is 81.2 cm³/mol. The van der Waals surface area contributed by atoms with Gasteiger partial charge in [0.05, 0.1) is 19.8 Å². The van der Waals surface area contributed by atoms with Crippen molar-refractivity contribution in [1.82, 2.24) is 0 Å². The molecule has 4 heteroatoms. The van der Waals surface area contributed by atoms with E-state index in [1.165, 1.54) is 13.2 Å². The van der Waals surface area contributed by atoms with Crippen molar-refractivity contribution in [3.05, 3.63) is 59.4 Å². The summed E-state index contributed by atoms with van der Waals surface area (Å²) >= 11 is 0. The molecule has 0 radical (unpaired) electrons. The van der Waals surface area contributed by atoms with Crippen LogP contribution in [-0.2, 0) is 0 Å². The Morgan fingerprint density at radius 1 is 1.14 bits per heavy atom. The third-order valence-corrected chi connectivity index (χ3v) is 3.25. The molecular formula is C17H20FNO2. The van der Waals surface area contributed by atoms with Crippen molar-refractivity contribution < 1.29 is 13.9 Å². The number of rotatable bonds is 6. The summed E-state index contributed by atoms with van der Waals surface area (Å²) in [5, 5.41) is 0. The van der Waals surface area contributed by atoms with Crippen LogP contribution in [0.25, 0.3) is 0 Å². The molecule has 0 heterocycles. The number of nitrogens with two attached hydrogens (primary N) is 1. The molecule has 0 aliphatic rings. The van der Waals surface area contributed by atoms with E-state index in [4.69, 9.17) is 15.2 Å². The lowest BCUT2D eigenvalue weighted by Gasteiger charge is -2.17. The van der Waals surface area contributed by atoms with Crippen LogP contribution >= 0.6 is 0 Å². The van der Waals surface area contributed by atoms with Crippen molar-refractivity contribution in [3.63, 3.8) is 0 Å². The molecule has 0 spiro atoms. The Bertz CT molecular complexity index is 601. The Hall–Kier alpha value is -2.07. The molecule has 0 aliphatic carbocycles. The molecule has 21 heavy (non-hydrogen) atoms. The van der Waals surface area contributed by atoms with Crippen molar-refractivity contribution >= 4 is 0 Å². The van der Waals surface area contributed by atoms with E-state index in [9.17, 15) is 4.39 Å². The van der Waals surface area contributed by atoms with Gasteiger partial charge >= 0.3 is 0 Å². The van der Waals surface area contributed by atoms with Crippen LogP contribution in [-0.4, -0.2) is 13.7 Å². The molecule has 1 unspecified atom stereocenters. The first-order chi connectivity index (χ1) is 10.2. The lowest BCUT2D eigenvalue weighted by molar-refractivity contribution is 0.313. The second-order valence-electron chi connectivity index (χ2n) is 4.76. The van der Waals surface area contributed by atoms with Gasteiger partial charge in [0.15, 0.2) is 11.6 Å². The van der Waals surface area contributed by atoms with Crippen molar-refractivity contribution in [3.8, 4) is 11.5 Å². The third-order valence-electron chi connectivity index (χ3n) is 3.25. The molecule has 0 bridgehead atoms. The van der Waals surface area contributed by atoms with E-state index in [-0.39, 0.29) is 5.75 Å². The molecule has 2 N–H and O–H groups in total. The van der Waals surface area contributed by atoms with Gasteiger partial charge < -0.3 is 15.2 Å². The van der Waals surface area contributed by atoms with Gasteiger partial charge in [-0.3, -0.25) is 0 Å². The smallest absolute Gasteiger partial charge is 0.165 e. The summed E-state index contributed by atoms with van der Waals surface area (Å²) in [6.07, 6.45) is 0.917. The summed E-state index contributed by atoms with van der Waals surface area (Å²) < 4.78 is 24.4. The Morgan fingerprint density at radius 3 is 2.57 bits per heavy atom. The van der Waals surface area contributed by atoms with Gasteiger partial charge in [0.1, 0.15) is 5.75 Å². The number of ether oxygens (including phenoxy) is 2. The normalized spacial score (nSPS) is 12.0. The molecule has 1 atom stereocenters. The molecule has 112 valence electrons. The minimum Gasteiger partial charge on any atom is -0.494 e. The molecule has 2 aromatic carbocycles. The maximum Gasteiger partial charge on any atom is 0.165 e. The fourth-order valence-corrected chi connectivity index (χ4v) is 2.14. The lowest BCUT2D eigenvalue weighted by atomic mass is 9.98. The highest BCUT2D eigenvalue weighted by Gasteiger charge is 2.15. The predicted octanol–water partition coefficient (Wildman–Crippen LogP) is 3.67. The summed E-state index contributed by atoms with van der Waals surface area (Å²) in [6.45, 7) is 2.67. The van der Waals surface area contributed by atoms with Crippen LogP contribution in [0.5, 0.6) is 11.5 Å². The number of halogens is 1. The van der Waals surface area contributed by atoms with Gasteiger partial charge in [-0.25, -0.2) is 4.39 Å². The molecule has 0 aliphatic heterocycles.